The van der Waals surface area contributed by atoms with Gasteiger partial charge >= 0.3 is 0 Å². The largest absolute Gasteiger partial charge is 0.385 e. The van der Waals surface area contributed by atoms with Gasteiger partial charge in [0.1, 0.15) is 5.78 Å². The molecule has 72 valence electrons. The number of hydrogen-bond acceptors (Lipinski definition) is 2. The minimum atomic E-state index is 0.185. The van der Waals surface area contributed by atoms with Crippen LogP contribution in [-0.4, -0.2) is 19.5 Å². The number of ether oxygens (including phenoxy) is 1. The second kappa shape index (κ2) is 6.18. The number of Topliss-reactive ketones (excluding diaryl/α,β-unsaturated/α-hetero) is 1. The first kappa shape index (κ1) is 11.6. The molecule has 0 rings (SSSR count). The maximum atomic E-state index is 11.3. The molecule has 0 amide bonds. The topological polar surface area (TPSA) is 26.3 Å². The number of methoxy groups -OCH3 is 1. The van der Waals surface area contributed by atoms with E-state index in [0.717, 1.165) is 13.0 Å². The van der Waals surface area contributed by atoms with E-state index in [1.165, 1.54) is 0 Å². The Hall–Kier alpha value is -0.370. The second-order valence-corrected chi connectivity index (χ2v) is 3.37. The lowest BCUT2D eigenvalue weighted by Gasteiger charge is -2.17. The fraction of sp³-hybridized carbons (Fsp3) is 0.900. The summed E-state index contributed by atoms with van der Waals surface area (Å²) in [5.74, 6) is 0.987. The average molecular weight is 172 g/mol. The van der Waals surface area contributed by atoms with Crippen LogP contribution in [0.1, 0.15) is 33.6 Å². The summed E-state index contributed by atoms with van der Waals surface area (Å²) in [5.41, 5.74) is 0. The summed E-state index contributed by atoms with van der Waals surface area (Å²) in [6.07, 6.45) is 1.63. The molecule has 2 heteroatoms. The van der Waals surface area contributed by atoms with E-state index in [1.54, 1.807) is 7.11 Å². The summed E-state index contributed by atoms with van der Waals surface area (Å²) < 4.78 is 4.96. The van der Waals surface area contributed by atoms with Gasteiger partial charge in [-0.25, -0.2) is 0 Å². The first-order valence-corrected chi connectivity index (χ1v) is 4.65. The molecule has 2 unspecified atom stereocenters. The lowest BCUT2D eigenvalue weighted by molar-refractivity contribution is -0.123. The van der Waals surface area contributed by atoms with E-state index >= 15 is 0 Å². The van der Waals surface area contributed by atoms with Crippen LogP contribution in [0.5, 0.6) is 0 Å². The molecule has 0 aromatic carbocycles. The van der Waals surface area contributed by atoms with Crippen LogP contribution in [0.25, 0.3) is 0 Å². The molecule has 0 spiro atoms. The van der Waals surface area contributed by atoms with Gasteiger partial charge in [0.05, 0.1) is 0 Å². The first-order chi connectivity index (χ1) is 5.63. The van der Waals surface area contributed by atoms with Gasteiger partial charge in [0.2, 0.25) is 0 Å². The summed E-state index contributed by atoms with van der Waals surface area (Å²) in [6, 6.07) is 0. The van der Waals surface area contributed by atoms with Gasteiger partial charge in [0.15, 0.2) is 0 Å². The maximum Gasteiger partial charge on any atom is 0.135 e. The van der Waals surface area contributed by atoms with E-state index in [4.69, 9.17) is 4.74 Å². The molecule has 0 heterocycles. The third kappa shape index (κ3) is 3.86. The van der Waals surface area contributed by atoms with Gasteiger partial charge < -0.3 is 4.74 Å². The summed E-state index contributed by atoms with van der Waals surface area (Å²) in [6.45, 7) is 6.79. The van der Waals surface area contributed by atoms with E-state index in [1.807, 2.05) is 13.8 Å². The van der Waals surface area contributed by atoms with Gasteiger partial charge in [-0.15, -0.1) is 0 Å². The molecule has 0 aliphatic carbocycles. The predicted octanol–water partition coefficient (Wildman–Crippen LogP) is 2.27. The number of carbonyl (C=O) groups is 1. The minimum absolute atomic E-state index is 0.185. The lowest BCUT2D eigenvalue weighted by atomic mass is 9.88. The van der Waals surface area contributed by atoms with Crippen molar-refractivity contribution < 1.29 is 9.53 Å². The predicted molar refractivity (Wildman–Crippen MR) is 50.1 cm³/mol. The summed E-state index contributed by atoms with van der Waals surface area (Å²) >= 11 is 0. The van der Waals surface area contributed by atoms with Crippen molar-refractivity contribution in [3.8, 4) is 0 Å². The Bertz CT molecular complexity index is 132. The Balaban J connectivity index is 3.75. The van der Waals surface area contributed by atoms with Crippen molar-refractivity contribution in [1.82, 2.24) is 0 Å². The van der Waals surface area contributed by atoms with E-state index in [2.05, 4.69) is 6.92 Å². The minimum Gasteiger partial charge on any atom is -0.385 e. The molecule has 0 aromatic rings. The fourth-order valence-corrected chi connectivity index (χ4v) is 1.19. The monoisotopic (exact) mass is 172 g/mol. The molecule has 0 bridgehead atoms. The molecular formula is C10H20O2. The van der Waals surface area contributed by atoms with Gasteiger partial charge in [0.25, 0.3) is 0 Å². The zero-order valence-electron chi connectivity index (χ0n) is 8.59. The van der Waals surface area contributed by atoms with E-state index in [-0.39, 0.29) is 5.92 Å². The van der Waals surface area contributed by atoms with Crippen LogP contribution >= 0.6 is 0 Å². The second-order valence-electron chi connectivity index (χ2n) is 3.37. The molecule has 0 fully saturated rings. The molecule has 0 radical (unpaired) electrons. The standard InChI is InChI=1S/C10H20O2/c1-5-10(11)9(3)8(2)6-7-12-4/h8-9H,5-7H2,1-4H3. The van der Waals surface area contributed by atoms with Crippen molar-refractivity contribution in [2.45, 2.75) is 33.6 Å². The maximum absolute atomic E-state index is 11.3. The van der Waals surface area contributed by atoms with Gasteiger partial charge in [0, 0.05) is 26.1 Å². The van der Waals surface area contributed by atoms with Crippen molar-refractivity contribution in [1.29, 1.82) is 0 Å². The third-order valence-electron chi connectivity index (χ3n) is 2.49. The molecule has 0 N–H and O–H groups in total. The van der Waals surface area contributed by atoms with Crippen LogP contribution in [0.3, 0.4) is 0 Å². The molecule has 0 saturated heterocycles. The molecule has 0 aliphatic rings. The molecular weight excluding hydrogens is 152 g/mol. The zero-order chi connectivity index (χ0) is 9.56. The summed E-state index contributed by atoms with van der Waals surface area (Å²) in [4.78, 5) is 11.3. The third-order valence-corrected chi connectivity index (χ3v) is 2.49. The highest BCUT2D eigenvalue weighted by molar-refractivity contribution is 5.80. The van der Waals surface area contributed by atoms with Crippen molar-refractivity contribution >= 4 is 5.78 Å². The van der Waals surface area contributed by atoms with E-state index in [0.29, 0.717) is 18.1 Å². The van der Waals surface area contributed by atoms with Crippen molar-refractivity contribution in [3.05, 3.63) is 0 Å². The van der Waals surface area contributed by atoms with Crippen LogP contribution in [0.4, 0.5) is 0 Å². The Morgan fingerprint density at radius 2 is 2.00 bits per heavy atom. The number of ketones is 1. The van der Waals surface area contributed by atoms with Gasteiger partial charge in [-0.1, -0.05) is 20.8 Å². The molecule has 0 aromatic heterocycles. The van der Waals surface area contributed by atoms with Crippen molar-refractivity contribution in [2.75, 3.05) is 13.7 Å². The molecule has 0 saturated carbocycles. The molecule has 0 aliphatic heterocycles. The average Bonchev–Trinajstić information content (AvgIpc) is 2.11. The van der Waals surface area contributed by atoms with Crippen LogP contribution in [0.2, 0.25) is 0 Å². The number of hydrogen-bond donors (Lipinski definition) is 0. The lowest BCUT2D eigenvalue weighted by Crippen LogP contribution is -2.19. The van der Waals surface area contributed by atoms with Crippen LogP contribution in [0.15, 0.2) is 0 Å². The van der Waals surface area contributed by atoms with Crippen LogP contribution < -0.4 is 0 Å². The summed E-state index contributed by atoms with van der Waals surface area (Å²) in [5, 5.41) is 0. The Labute approximate surface area is 75.3 Å². The highest BCUT2D eigenvalue weighted by Gasteiger charge is 2.17. The Morgan fingerprint density at radius 1 is 1.42 bits per heavy atom. The Kier molecular flexibility index (Phi) is 5.99. The smallest absolute Gasteiger partial charge is 0.135 e. The van der Waals surface area contributed by atoms with Gasteiger partial charge in [-0.2, -0.15) is 0 Å². The van der Waals surface area contributed by atoms with Gasteiger partial charge in [-0.05, 0) is 12.3 Å². The van der Waals surface area contributed by atoms with Crippen molar-refractivity contribution in [3.63, 3.8) is 0 Å². The molecule has 2 atom stereocenters. The quantitative estimate of drug-likeness (QED) is 0.614. The first-order valence-electron chi connectivity index (χ1n) is 4.65. The van der Waals surface area contributed by atoms with E-state index in [9.17, 15) is 4.79 Å². The Morgan fingerprint density at radius 3 is 2.42 bits per heavy atom. The highest BCUT2D eigenvalue weighted by Crippen LogP contribution is 2.16. The van der Waals surface area contributed by atoms with Gasteiger partial charge in [-0.3, -0.25) is 4.79 Å². The SMILES string of the molecule is CCC(=O)C(C)C(C)CCOC. The summed E-state index contributed by atoms with van der Waals surface area (Å²) in [7, 11) is 1.69. The highest BCUT2D eigenvalue weighted by atomic mass is 16.5. The van der Waals surface area contributed by atoms with E-state index < -0.39 is 0 Å². The molecule has 12 heavy (non-hydrogen) atoms. The number of rotatable bonds is 6. The zero-order valence-corrected chi connectivity index (χ0v) is 8.59. The number of carbonyl (C=O) groups excluding carboxylic acids is 1. The normalized spacial score (nSPS) is 15.7. The van der Waals surface area contributed by atoms with Crippen LogP contribution in [0, 0.1) is 11.8 Å². The van der Waals surface area contributed by atoms with Crippen LogP contribution in [-0.2, 0) is 9.53 Å². The fourth-order valence-electron chi connectivity index (χ4n) is 1.19. The molecule has 2 nitrogen and oxygen atoms in total. The van der Waals surface area contributed by atoms with Crippen molar-refractivity contribution in [2.24, 2.45) is 11.8 Å².